The molecule has 0 fully saturated rings. The van der Waals surface area contributed by atoms with Gasteiger partial charge in [0.25, 0.3) is 0 Å². The number of nitrogens with zero attached hydrogens (tertiary/aromatic N) is 2. The van der Waals surface area contributed by atoms with E-state index in [4.69, 9.17) is 9.84 Å². The second-order valence-corrected chi connectivity index (χ2v) is 4.45. The minimum Gasteiger partial charge on any atom is -0.492 e. The largest absolute Gasteiger partial charge is 0.492 e. The van der Waals surface area contributed by atoms with Gasteiger partial charge in [0.2, 0.25) is 0 Å². The zero-order valence-corrected chi connectivity index (χ0v) is 11.0. The molecule has 0 radical (unpaired) electrons. The lowest BCUT2D eigenvalue weighted by molar-refractivity contribution is 0.0695. The minimum absolute atomic E-state index is 0.190. The monoisotopic (exact) mass is 310 g/mol. The summed E-state index contributed by atoms with van der Waals surface area (Å²) in [6.45, 7) is 1.12. The highest BCUT2D eigenvalue weighted by molar-refractivity contribution is 9.10. The molecule has 0 aliphatic carbocycles. The zero-order valence-electron chi connectivity index (χ0n) is 9.41. The van der Waals surface area contributed by atoms with Crippen molar-refractivity contribution in [3.8, 4) is 5.75 Å². The van der Waals surface area contributed by atoms with E-state index in [2.05, 4.69) is 20.9 Å². The highest BCUT2D eigenvalue weighted by atomic mass is 79.9. The Kier molecular flexibility index (Phi) is 3.99. The number of benzene rings is 1. The van der Waals surface area contributed by atoms with E-state index in [9.17, 15) is 4.79 Å². The first-order chi connectivity index (χ1) is 8.66. The lowest BCUT2D eigenvalue weighted by atomic mass is 10.2. The van der Waals surface area contributed by atoms with Crippen molar-refractivity contribution in [2.24, 2.45) is 0 Å². The van der Waals surface area contributed by atoms with Gasteiger partial charge in [0.1, 0.15) is 12.4 Å². The van der Waals surface area contributed by atoms with Crippen LogP contribution in [0.1, 0.15) is 10.4 Å². The number of aromatic carboxylic acids is 1. The first kappa shape index (κ1) is 12.6. The number of carboxylic acid groups (broad SMARTS) is 1. The molecule has 0 aliphatic rings. The molecule has 0 saturated heterocycles. The van der Waals surface area contributed by atoms with Crippen molar-refractivity contribution >= 4 is 21.9 Å². The van der Waals surface area contributed by atoms with Crippen molar-refractivity contribution in [1.29, 1.82) is 0 Å². The third-order valence-electron chi connectivity index (χ3n) is 2.35. The van der Waals surface area contributed by atoms with Gasteiger partial charge in [-0.05, 0) is 34.1 Å². The van der Waals surface area contributed by atoms with Gasteiger partial charge in [-0.3, -0.25) is 0 Å². The normalized spacial score (nSPS) is 10.3. The van der Waals surface area contributed by atoms with Gasteiger partial charge in [0, 0.05) is 16.9 Å². The molecule has 0 atom stereocenters. The van der Waals surface area contributed by atoms with Crippen LogP contribution in [0.5, 0.6) is 5.75 Å². The van der Waals surface area contributed by atoms with E-state index in [1.807, 2.05) is 10.8 Å². The summed E-state index contributed by atoms with van der Waals surface area (Å²) in [5.74, 6) is -0.447. The lowest BCUT2D eigenvalue weighted by Crippen LogP contribution is -2.07. The molecule has 2 rings (SSSR count). The minimum atomic E-state index is -0.984. The van der Waals surface area contributed by atoms with Crippen LogP contribution in [0.25, 0.3) is 0 Å². The topological polar surface area (TPSA) is 64.3 Å². The van der Waals surface area contributed by atoms with Gasteiger partial charge in [-0.15, -0.1) is 0 Å². The smallest absolute Gasteiger partial charge is 0.336 e. The number of hydrogen-bond acceptors (Lipinski definition) is 3. The molecule has 2 aromatic rings. The molecular formula is C12H11BrN2O3. The van der Waals surface area contributed by atoms with Crippen molar-refractivity contribution < 1.29 is 14.6 Å². The van der Waals surface area contributed by atoms with Crippen LogP contribution in [0, 0.1) is 0 Å². The summed E-state index contributed by atoms with van der Waals surface area (Å²) in [6, 6.07) is 4.89. The Morgan fingerprint density at radius 1 is 1.50 bits per heavy atom. The Labute approximate surface area is 112 Å². The van der Waals surface area contributed by atoms with Crippen LogP contribution in [0.4, 0.5) is 0 Å². The highest BCUT2D eigenvalue weighted by Gasteiger charge is 2.09. The van der Waals surface area contributed by atoms with Gasteiger partial charge in [-0.25, -0.2) is 9.78 Å². The summed E-state index contributed by atoms with van der Waals surface area (Å²) in [5.41, 5.74) is 0.190. The molecule has 1 aromatic carbocycles. The van der Waals surface area contributed by atoms with E-state index >= 15 is 0 Å². The van der Waals surface area contributed by atoms with E-state index in [-0.39, 0.29) is 5.56 Å². The molecule has 0 amide bonds. The Hall–Kier alpha value is -1.82. The number of rotatable bonds is 5. The molecule has 0 spiro atoms. The van der Waals surface area contributed by atoms with Crippen LogP contribution in [0.2, 0.25) is 0 Å². The van der Waals surface area contributed by atoms with Crippen LogP contribution in [0.15, 0.2) is 41.4 Å². The van der Waals surface area contributed by atoms with Gasteiger partial charge in [0.05, 0.1) is 18.4 Å². The molecule has 1 aromatic heterocycles. The maximum absolute atomic E-state index is 10.9. The molecule has 0 saturated carbocycles. The predicted molar refractivity (Wildman–Crippen MR) is 68.8 cm³/mol. The fourth-order valence-corrected chi connectivity index (χ4v) is 1.86. The molecule has 1 N–H and O–H groups in total. The van der Waals surface area contributed by atoms with Crippen LogP contribution in [-0.2, 0) is 6.54 Å². The number of carbonyl (C=O) groups is 1. The zero-order chi connectivity index (χ0) is 13.0. The summed E-state index contributed by atoms with van der Waals surface area (Å²) in [6.07, 6.45) is 5.24. The third-order valence-corrected chi connectivity index (χ3v) is 3.04. The molecule has 0 bridgehead atoms. The van der Waals surface area contributed by atoms with E-state index in [0.29, 0.717) is 23.4 Å². The summed E-state index contributed by atoms with van der Waals surface area (Å²) in [7, 11) is 0. The number of ether oxygens (including phenoxy) is 1. The van der Waals surface area contributed by atoms with Crippen molar-refractivity contribution in [3.05, 3.63) is 47.0 Å². The standard InChI is InChI=1S/C12H11BrN2O3/c13-11-2-1-9(7-10(11)12(16)17)18-6-5-15-4-3-14-8-15/h1-4,7-8H,5-6H2,(H,16,17). The second-order valence-electron chi connectivity index (χ2n) is 3.60. The van der Waals surface area contributed by atoms with E-state index in [1.54, 1.807) is 24.7 Å². The Bertz CT molecular complexity index is 540. The predicted octanol–water partition coefficient (Wildman–Crippen LogP) is 2.42. The molecule has 1 heterocycles. The first-order valence-electron chi connectivity index (χ1n) is 5.28. The van der Waals surface area contributed by atoms with Crippen molar-refractivity contribution in [2.45, 2.75) is 6.54 Å². The van der Waals surface area contributed by atoms with E-state index in [0.717, 1.165) is 0 Å². The second kappa shape index (κ2) is 5.68. The van der Waals surface area contributed by atoms with Crippen LogP contribution in [-0.4, -0.2) is 27.2 Å². The molecular weight excluding hydrogens is 300 g/mol. The summed E-state index contributed by atoms with van der Waals surface area (Å²) in [5, 5.41) is 8.97. The van der Waals surface area contributed by atoms with Gasteiger partial charge < -0.3 is 14.4 Å². The molecule has 94 valence electrons. The number of carboxylic acids is 1. The van der Waals surface area contributed by atoms with Gasteiger partial charge in [-0.1, -0.05) is 0 Å². The average Bonchev–Trinajstić information content (AvgIpc) is 2.84. The third kappa shape index (κ3) is 3.10. The molecule has 6 heteroatoms. The Morgan fingerprint density at radius 2 is 2.33 bits per heavy atom. The molecule has 0 aliphatic heterocycles. The lowest BCUT2D eigenvalue weighted by Gasteiger charge is -2.08. The first-order valence-corrected chi connectivity index (χ1v) is 6.07. The fraction of sp³-hybridized carbons (Fsp3) is 0.167. The summed E-state index contributed by atoms with van der Waals surface area (Å²) >= 11 is 3.18. The number of imidazole rings is 1. The highest BCUT2D eigenvalue weighted by Crippen LogP contribution is 2.22. The van der Waals surface area contributed by atoms with Gasteiger partial charge in [0.15, 0.2) is 0 Å². The average molecular weight is 311 g/mol. The van der Waals surface area contributed by atoms with Crippen molar-refractivity contribution in [1.82, 2.24) is 9.55 Å². The van der Waals surface area contributed by atoms with E-state index < -0.39 is 5.97 Å². The molecule has 5 nitrogen and oxygen atoms in total. The molecule has 0 unspecified atom stereocenters. The van der Waals surface area contributed by atoms with Crippen molar-refractivity contribution in [2.75, 3.05) is 6.61 Å². The van der Waals surface area contributed by atoms with Crippen LogP contribution < -0.4 is 4.74 Å². The SMILES string of the molecule is O=C(O)c1cc(OCCn2ccnc2)ccc1Br. The fourth-order valence-electron chi connectivity index (χ4n) is 1.45. The van der Waals surface area contributed by atoms with Crippen LogP contribution >= 0.6 is 15.9 Å². The maximum atomic E-state index is 10.9. The summed E-state index contributed by atoms with van der Waals surface area (Å²) in [4.78, 5) is 14.9. The maximum Gasteiger partial charge on any atom is 0.336 e. The number of halogens is 1. The molecule has 18 heavy (non-hydrogen) atoms. The van der Waals surface area contributed by atoms with Gasteiger partial charge in [-0.2, -0.15) is 0 Å². The van der Waals surface area contributed by atoms with E-state index in [1.165, 1.54) is 6.07 Å². The van der Waals surface area contributed by atoms with Gasteiger partial charge >= 0.3 is 5.97 Å². The quantitative estimate of drug-likeness (QED) is 0.921. The Balaban J connectivity index is 1.97. The van der Waals surface area contributed by atoms with Crippen LogP contribution in [0.3, 0.4) is 0 Å². The number of hydrogen-bond donors (Lipinski definition) is 1. The summed E-state index contributed by atoms with van der Waals surface area (Å²) < 4.78 is 7.92. The number of aromatic nitrogens is 2. The Morgan fingerprint density at radius 3 is 3.00 bits per heavy atom. The van der Waals surface area contributed by atoms with Crippen molar-refractivity contribution in [3.63, 3.8) is 0 Å².